The molecule has 1 aliphatic heterocycles. The zero-order chi connectivity index (χ0) is 26.4. The minimum Gasteiger partial charge on any atom is -0.479 e. The van der Waals surface area contributed by atoms with E-state index in [1.807, 2.05) is 0 Å². The van der Waals surface area contributed by atoms with Crippen LogP contribution in [-0.2, 0) is 23.1 Å². The first kappa shape index (κ1) is 24.9. The summed E-state index contributed by atoms with van der Waals surface area (Å²) in [6, 6.07) is 7.79. The standard InChI is InChI=1S/C28H27FN2O5/c1-7-24(33)30-18-8-9-22(35-25-15(2)10-17(29)11-16(25)3)19(12-18)21-14-31(6)27(34)20-13-23(32)28(4,5)36-26(20)21/h7-12,14H,1,13H2,2-6H3,(H,30,33). The van der Waals surface area contributed by atoms with Crippen LogP contribution in [0.1, 0.15) is 30.5 Å². The molecule has 36 heavy (non-hydrogen) atoms. The van der Waals surface area contributed by atoms with Crippen LogP contribution in [0.3, 0.4) is 0 Å². The predicted molar refractivity (Wildman–Crippen MR) is 135 cm³/mol. The molecule has 1 amide bonds. The number of hydrogen-bond donors (Lipinski definition) is 1. The van der Waals surface area contributed by atoms with Gasteiger partial charge in [0.1, 0.15) is 23.1 Å². The fraction of sp³-hybridized carbons (Fsp3) is 0.250. The first-order valence-corrected chi connectivity index (χ1v) is 11.4. The molecule has 2 aromatic carbocycles. The van der Waals surface area contributed by atoms with E-state index in [9.17, 15) is 18.8 Å². The van der Waals surface area contributed by atoms with Gasteiger partial charge in [0.2, 0.25) is 5.91 Å². The Kier molecular flexibility index (Phi) is 6.30. The summed E-state index contributed by atoms with van der Waals surface area (Å²) in [5.41, 5.74) is 1.48. The van der Waals surface area contributed by atoms with Crippen molar-refractivity contribution in [3.8, 4) is 28.4 Å². The Balaban J connectivity index is 1.97. The molecule has 0 bridgehead atoms. The van der Waals surface area contributed by atoms with Crippen molar-refractivity contribution in [3.63, 3.8) is 0 Å². The average Bonchev–Trinajstić information content (AvgIpc) is 2.80. The number of benzene rings is 2. The molecule has 0 saturated carbocycles. The van der Waals surface area contributed by atoms with Crippen molar-refractivity contribution in [2.45, 2.75) is 39.7 Å². The minimum absolute atomic E-state index is 0.0674. The number of amides is 1. The van der Waals surface area contributed by atoms with Gasteiger partial charge in [0.15, 0.2) is 11.4 Å². The number of rotatable bonds is 5. The summed E-state index contributed by atoms with van der Waals surface area (Å²) in [6.07, 6.45) is 2.70. The van der Waals surface area contributed by atoms with E-state index in [2.05, 4.69) is 11.9 Å². The van der Waals surface area contributed by atoms with Gasteiger partial charge in [-0.1, -0.05) is 6.58 Å². The summed E-state index contributed by atoms with van der Waals surface area (Å²) in [4.78, 5) is 37.5. The average molecular weight is 491 g/mol. The number of ketones is 1. The zero-order valence-electron chi connectivity index (χ0n) is 20.8. The van der Waals surface area contributed by atoms with Crippen LogP contribution >= 0.6 is 0 Å². The topological polar surface area (TPSA) is 86.6 Å². The van der Waals surface area contributed by atoms with Crippen LogP contribution in [0.25, 0.3) is 11.1 Å². The number of hydrogen-bond acceptors (Lipinski definition) is 5. The summed E-state index contributed by atoms with van der Waals surface area (Å²) in [5, 5.41) is 2.73. The molecule has 8 heteroatoms. The van der Waals surface area contributed by atoms with Crippen molar-refractivity contribution < 1.29 is 23.5 Å². The second-order valence-corrected chi connectivity index (χ2v) is 9.35. The highest BCUT2D eigenvalue weighted by Crippen LogP contribution is 2.44. The SMILES string of the molecule is C=CC(=O)Nc1ccc(Oc2c(C)cc(F)cc2C)c(-c2cn(C)c(=O)c3c2OC(C)(C)C(=O)C3)c1. The lowest BCUT2D eigenvalue weighted by Crippen LogP contribution is -2.45. The van der Waals surface area contributed by atoms with Crippen LogP contribution in [0.2, 0.25) is 0 Å². The molecule has 0 unspecified atom stereocenters. The normalized spacial score (nSPS) is 14.0. The number of pyridine rings is 1. The minimum atomic E-state index is -1.13. The summed E-state index contributed by atoms with van der Waals surface area (Å²) in [7, 11) is 1.59. The van der Waals surface area contributed by atoms with Crippen molar-refractivity contribution >= 4 is 17.4 Å². The van der Waals surface area contributed by atoms with Gasteiger partial charge in [-0.3, -0.25) is 14.4 Å². The fourth-order valence-corrected chi connectivity index (χ4v) is 4.20. The molecule has 1 aromatic heterocycles. The zero-order valence-corrected chi connectivity index (χ0v) is 20.8. The smallest absolute Gasteiger partial charge is 0.257 e. The highest BCUT2D eigenvalue weighted by Gasteiger charge is 2.38. The summed E-state index contributed by atoms with van der Waals surface area (Å²) < 4.78 is 27.7. The van der Waals surface area contributed by atoms with Gasteiger partial charge in [-0.2, -0.15) is 0 Å². The highest BCUT2D eigenvalue weighted by atomic mass is 19.1. The van der Waals surface area contributed by atoms with E-state index in [1.54, 1.807) is 59.1 Å². The molecule has 1 N–H and O–H groups in total. The van der Waals surface area contributed by atoms with Gasteiger partial charge in [-0.05, 0) is 75.2 Å². The molecule has 3 aromatic rings. The lowest BCUT2D eigenvalue weighted by atomic mass is 9.91. The van der Waals surface area contributed by atoms with Gasteiger partial charge < -0.3 is 19.4 Å². The number of aryl methyl sites for hydroxylation is 3. The highest BCUT2D eigenvalue weighted by molar-refractivity contribution is 6.00. The van der Waals surface area contributed by atoms with Crippen LogP contribution in [0.5, 0.6) is 17.2 Å². The van der Waals surface area contributed by atoms with Crippen molar-refractivity contribution in [2.75, 3.05) is 5.32 Å². The first-order valence-electron chi connectivity index (χ1n) is 11.4. The maximum absolute atomic E-state index is 13.9. The molecule has 1 aliphatic rings. The molecular weight excluding hydrogens is 463 g/mol. The number of carbonyl (C=O) groups is 2. The van der Waals surface area contributed by atoms with E-state index >= 15 is 0 Å². The predicted octanol–water partition coefficient (Wildman–Crippen LogP) is 5.01. The lowest BCUT2D eigenvalue weighted by Gasteiger charge is -2.32. The first-order chi connectivity index (χ1) is 16.9. The van der Waals surface area contributed by atoms with Crippen molar-refractivity contribution in [1.29, 1.82) is 0 Å². The molecule has 0 saturated heterocycles. The molecule has 0 fully saturated rings. The number of fused-ring (bicyclic) bond motifs is 1. The Hall–Kier alpha value is -4.20. The Morgan fingerprint density at radius 2 is 1.83 bits per heavy atom. The maximum Gasteiger partial charge on any atom is 0.257 e. The number of halogens is 1. The molecule has 186 valence electrons. The second kappa shape index (κ2) is 9.11. The fourth-order valence-electron chi connectivity index (χ4n) is 4.20. The molecule has 2 heterocycles. The van der Waals surface area contributed by atoms with Crippen LogP contribution in [0.4, 0.5) is 10.1 Å². The molecule has 0 atom stereocenters. The number of carbonyl (C=O) groups excluding carboxylic acids is 2. The molecule has 7 nitrogen and oxygen atoms in total. The van der Waals surface area contributed by atoms with E-state index < -0.39 is 11.5 Å². The van der Waals surface area contributed by atoms with E-state index in [4.69, 9.17) is 9.47 Å². The van der Waals surface area contributed by atoms with Crippen molar-refractivity contribution in [2.24, 2.45) is 7.05 Å². The van der Waals surface area contributed by atoms with E-state index in [-0.39, 0.29) is 34.9 Å². The van der Waals surface area contributed by atoms with E-state index in [0.29, 0.717) is 39.4 Å². The van der Waals surface area contributed by atoms with Crippen LogP contribution in [0, 0.1) is 19.7 Å². The van der Waals surface area contributed by atoms with Crippen LogP contribution in [0.15, 0.2) is 54.0 Å². The second-order valence-electron chi connectivity index (χ2n) is 9.35. The summed E-state index contributed by atoms with van der Waals surface area (Å²) in [5.74, 6) is 0.189. The Morgan fingerprint density at radius 1 is 1.17 bits per heavy atom. The Morgan fingerprint density at radius 3 is 2.47 bits per heavy atom. The number of nitrogens with one attached hydrogen (secondary N) is 1. The molecule has 0 radical (unpaired) electrons. The molecule has 0 aliphatic carbocycles. The Labute approximate surface area is 208 Å². The largest absolute Gasteiger partial charge is 0.479 e. The van der Waals surface area contributed by atoms with Crippen LogP contribution in [-0.4, -0.2) is 21.9 Å². The maximum atomic E-state index is 13.9. The van der Waals surface area contributed by atoms with Gasteiger partial charge in [-0.25, -0.2) is 4.39 Å². The van der Waals surface area contributed by atoms with E-state index in [1.165, 1.54) is 16.7 Å². The van der Waals surface area contributed by atoms with Crippen molar-refractivity contribution in [3.05, 3.63) is 82.0 Å². The monoisotopic (exact) mass is 490 g/mol. The third-order valence-electron chi connectivity index (χ3n) is 6.15. The molecule has 4 rings (SSSR count). The number of nitrogens with zero attached hydrogens (tertiary/aromatic N) is 1. The number of aromatic nitrogens is 1. The van der Waals surface area contributed by atoms with Crippen molar-refractivity contribution in [1.82, 2.24) is 4.57 Å². The van der Waals surface area contributed by atoms with Gasteiger partial charge in [0.25, 0.3) is 5.56 Å². The third-order valence-corrected chi connectivity index (χ3v) is 6.15. The Bertz CT molecular complexity index is 1460. The van der Waals surface area contributed by atoms with Crippen LogP contribution < -0.4 is 20.3 Å². The van der Waals surface area contributed by atoms with Gasteiger partial charge >= 0.3 is 0 Å². The van der Waals surface area contributed by atoms with Gasteiger partial charge in [0, 0.05) is 36.5 Å². The molecular formula is C28H27FN2O5. The molecule has 0 spiro atoms. The van der Waals surface area contributed by atoms with E-state index in [0.717, 1.165) is 6.08 Å². The number of ether oxygens (including phenoxy) is 2. The third kappa shape index (κ3) is 4.54. The van der Waals surface area contributed by atoms with Gasteiger partial charge in [0.05, 0.1) is 5.56 Å². The summed E-state index contributed by atoms with van der Waals surface area (Å²) >= 11 is 0. The van der Waals surface area contributed by atoms with Gasteiger partial charge in [-0.15, -0.1) is 0 Å². The number of anilines is 1. The quantitative estimate of drug-likeness (QED) is 0.508. The lowest BCUT2D eigenvalue weighted by molar-refractivity contribution is -0.132. The number of Topliss-reactive ketones (excluding diaryl/α,β-unsaturated/α-hetero) is 1. The summed E-state index contributed by atoms with van der Waals surface area (Å²) in [6.45, 7) is 10.3.